The third-order valence-electron chi connectivity index (χ3n) is 1.39. The highest BCUT2D eigenvalue weighted by molar-refractivity contribution is 7.90. The van der Waals surface area contributed by atoms with Gasteiger partial charge in [-0.05, 0) is 5.92 Å². The first-order chi connectivity index (χ1) is 5.18. The SMILES string of the molecule is CCCCCC(C)C.Cl[P]Cl. The predicted octanol–water partition coefficient (Wildman–Crippen LogP) is 5.46. The smallest absolute Gasteiger partial charge is 0.0704 e. The van der Waals surface area contributed by atoms with Crippen molar-refractivity contribution < 1.29 is 0 Å². The number of halogens is 2. The molecule has 0 aliphatic carbocycles. The second-order valence-electron chi connectivity index (χ2n) is 2.95. The van der Waals surface area contributed by atoms with Crippen molar-refractivity contribution in [3.05, 3.63) is 0 Å². The normalized spacial score (nSPS) is 9.27. The fourth-order valence-electron chi connectivity index (χ4n) is 0.803. The maximum Gasteiger partial charge on any atom is 0.141 e. The van der Waals surface area contributed by atoms with E-state index in [9.17, 15) is 0 Å². The summed E-state index contributed by atoms with van der Waals surface area (Å²) in [5, 5.41) is 0. The summed E-state index contributed by atoms with van der Waals surface area (Å²) in [6.45, 7) is 6.83. The Morgan fingerprint density at radius 2 is 1.64 bits per heavy atom. The van der Waals surface area contributed by atoms with Crippen molar-refractivity contribution in [2.45, 2.75) is 46.5 Å². The van der Waals surface area contributed by atoms with Crippen molar-refractivity contribution >= 4 is 29.8 Å². The van der Waals surface area contributed by atoms with Crippen LogP contribution in [0.2, 0.25) is 0 Å². The first kappa shape index (κ1) is 14.5. The van der Waals surface area contributed by atoms with Crippen LogP contribution in [-0.2, 0) is 0 Å². The Kier molecular flexibility index (Phi) is 17.9. The van der Waals surface area contributed by atoms with E-state index >= 15 is 0 Å². The molecular formula is C8H18Cl2P. The minimum absolute atomic E-state index is 0.361. The molecule has 11 heavy (non-hydrogen) atoms. The Morgan fingerprint density at radius 3 is 1.91 bits per heavy atom. The lowest BCUT2D eigenvalue weighted by atomic mass is 10.1. The van der Waals surface area contributed by atoms with Crippen LogP contribution < -0.4 is 0 Å². The van der Waals surface area contributed by atoms with Gasteiger partial charge in [0.1, 0.15) is 7.29 Å². The standard InChI is InChI=1S/C8H18.Cl2P/c1-4-5-6-7-8(2)3;1-3-2/h8H,4-7H2,1-3H3;. The highest BCUT2D eigenvalue weighted by atomic mass is 35.9. The Hall–Kier alpha value is 1.01. The molecule has 0 heterocycles. The summed E-state index contributed by atoms with van der Waals surface area (Å²) in [5.74, 6) is 0.904. The summed E-state index contributed by atoms with van der Waals surface area (Å²) < 4.78 is 0. The molecule has 0 N–H and O–H groups in total. The zero-order valence-corrected chi connectivity index (χ0v) is 10.0. The van der Waals surface area contributed by atoms with Gasteiger partial charge >= 0.3 is 0 Å². The van der Waals surface area contributed by atoms with Crippen molar-refractivity contribution in [2.24, 2.45) is 5.92 Å². The van der Waals surface area contributed by atoms with Gasteiger partial charge in [0.15, 0.2) is 0 Å². The molecule has 0 spiro atoms. The van der Waals surface area contributed by atoms with Gasteiger partial charge in [0.25, 0.3) is 0 Å². The molecule has 0 saturated heterocycles. The third kappa shape index (κ3) is 24.7. The van der Waals surface area contributed by atoms with Gasteiger partial charge in [-0.15, -0.1) is 0 Å². The maximum atomic E-state index is 4.74. The quantitative estimate of drug-likeness (QED) is 0.432. The van der Waals surface area contributed by atoms with E-state index in [-0.39, 0.29) is 0 Å². The monoisotopic (exact) mass is 215 g/mol. The number of hydrogen-bond donors (Lipinski definition) is 0. The minimum atomic E-state index is 0.361. The molecule has 0 aliphatic heterocycles. The third-order valence-corrected chi connectivity index (χ3v) is 1.39. The van der Waals surface area contributed by atoms with Crippen molar-refractivity contribution in [3.8, 4) is 0 Å². The Labute approximate surface area is 82.4 Å². The van der Waals surface area contributed by atoms with Crippen LogP contribution >= 0.6 is 29.8 Å². The molecule has 0 aromatic carbocycles. The largest absolute Gasteiger partial charge is 0.141 e. The Morgan fingerprint density at radius 1 is 1.18 bits per heavy atom. The summed E-state index contributed by atoms with van der Waals surface area (Å²) in [7, 11) is 0.361. The highest BCUT2D eigenvalue weighted by Gasteiger charge is 1.90. The molecule has 0 fully saturated rings. The van der Waals surface area contributed by atoms with E-state index in [0.717, 1.165) is 5.92 Å². The van der Waals surface area contributed by atoms with E-state index in [1.165, 1.54) is 25.7 Å². The van der Waals surface area contributed by atoms with Gasteiger partial charge in [-0.3, -0.25) is 0 Å². The van der Waals surface area contributed by atoms with Crippen LogP contribution in [0.3, 0.4) is 0 Å². The Balaban J connectivity index is 0. The number of rotatable bonds is 4. The summed E-state index contributed by atoms with van der Waals surface area (Å²) in [5.41, 5.74) is 0. The molecular weight excluding hydrogens is 198 g/mol. The van der Waals surface area contributed by atoms with Crippen LogP contribution in [0.15, 0.2) is 0 Å². The molecule has 0 aromatic heterocycles. The van der Waals surface area contributed by atoms with Crippen molar-refractivity contribution in [1.29, 1.82) is 0 Å². The van der Waals surface area contributed by atoms with Crippen LogP contribution in [0.5, 0.6) is 0 Å². The van der Waals surface area contributed by atoms with E-state index in [1.54, 1.807) is 0 Å². The van der Waals surface area contributed by atoms with E-state index in [0.29, 0.717) is 7.29 Å². The van der Waals surface area contributed by atoms with Crippen LogP contribution in [0.4, 0.5) is 0 Å². The van der Waals surface area contributed by atoms with E-state index in [1.807, 2.05) is 0 Å². The molecule has 0 aromatic rings. The molecule has 0 saturated carbocycles. The fraction of sp³-hybridized carbons (Fsp3) is 1.00. The van der Waals surface area contributed by atoms with Crippen LogP contribution in [-0.4, -0.2) is 0 Å². The first-order valence-electron chi connectivity index (χ1n) is 4.11. The van der Waals surface area contributed by atoms with Gasteiger partial charge in [-0.1, -0.05) is 68.9 Å². The average molecular weight is 216 g/mol. The molecule has 0 unspecified atom stereocenters. The Bertz CT molecular complexity index is 58.1. The van der Waals surface area contributed by atoms with Crippen LogP contribution in [0.25, 0.3) is 0 Å². The van der Waals surface area contributed by atoms with Crippen molar-refractivity contribution in [3.63, 3.8) is 0 Å². The lowest BCUT2D eigenvalue weighted by Crippen LogP contribution is -1.85. The zero-order chi connectivity index (χ0) is 9.11. The molecule has 0 bridgehead atoms. The fourth-order valence-corrected chi connectivity index (χ4v) is 0.803. The van der Waals surface area contributed by atoms with Crippen molar-refractivity contribution in [1.82, 2.24) is 0 Å². The number of unbranched alkanes of at least 4 members (excludes halogenated alkanes) is 2. The topological polar surface area (TPSA) is 0 Å². The molecule has 0 rings (SSSR count). The zero-order valence-electron chi connectivity index (χ0n) is 7.61. The van der Waals surface area contributed by atoms with Crippen LogP contribution in [0, 0.1) is 5.92 Å². The highest BCUT2D eigenvalue weighted by Crippen LogP contribution is 2.19. The first-order valence-corrected chi connectivity index (χ1v) is 6.81. The van der Waals surface area contributed by atoms with E-state index < -0.39 is 0 Å². The second kappa shape index (κ2) is 13.6. The predicted molar refractivity (Wildman–Crippen MR) is 57.6 cm³/mol. The molecule has 0 atom stereocenters. The van der Waals surface area contributed by atoms with E-state index in [4.69, 9.17) is 22.5 Å². The second-order valence-corrected chi connectivity index (χ2v) is 4.61. The lowest BCUT2D eigenvalue weighted by molar-refractivity contribution is 0.534. The van der Waals surface area contributed by atoms with Gasteiger partial charge in [0.2, 0.25) is 0 Å². The average Bonchev–Trinajstić information content (AvgIpc) is 1.89. The van der Waals surface area contributed by atoms with Gasteiger partial charge in [-0.2, -0.15) is 0 Å². The van der Waals surface area contributed by atoms with Crippen LogP contribution in [0.1, 0.15) is 46.5 Å². The van der Waals surface area contributed by atoms with Gasteiger partial charge in [0.05, 0.1) is 0 Å². The summed E-state index contributed by atoms with van der Waals surface area (Å²) in [6.07, 6.45) is 5.60. The minimum Gasteiger partial charge on any atom is -0.0704 e. The van der Waals surface area contributed by atoms with Crippen molar-refractivity contribution in [2.75, 3.05) is 0 Å². The molecule has 0 nitrogen and oxygen atoms in total. The van der Waals surface area contributed by atoms with Gasteiger partial charge in [0, 0.05) is 0 Å². The molecule has 0 amide bonds. The van der Waals surface area contributed by atoms with Gasteiger partial charge < -0.3 is 0 Å². The lowest BCUT2D eigenvalue weighted by Gasteiger charge is -2.00. The maximum absolute atomic E-state index is 4.74. The summed E-state index contributed by atoms with van der Waals surface area (Å²) >= 11 is 9.47. The van der Waals surface area contributed by atoms with E-state index in [2.05, 4.69) is 20.8 Å². The molecule has 69 valence electrons. The molecule has 3 heteroatoms. The molecule has 0 aliphatic rings. The van der Waals surface area contributed by atoms with Gasteiger partial charge in [-0.25, -0.2) is 0 Å². The molecule has 1 radical (unpaired) electrons. The summed E-state index contributed by atoms with van der Waals surface area (Å²) in [6, 6.07) is 0. The summed E-state index contributed by atoms with van der Waals surface area (Å²) in [4.78, 5) is 0. The number of hydrogen-bond acceptors (Lipinski definition) is 0.